The van der Waals surface area contributed by atoms with E-state index >= 15 is 0 Å². The summed E-state index contributed by atoms with van der Waals surface area (Å²) in [7, 11) is 0. The molecule has 2 heterocycles. The average Bonchev–Trinajstić information content (AvgIpc) is 2.99. The van der Waals surface area contributed by atoms with Crippen LogP contribution in [0.3, 0.4) is 0 Å². The zero-order valence-corrected chi connectivity index (χ0v) is 14.0. The quantitative estimate of drug-likeness (QED) is 0.894. The third-order valence-electron chi connectivity index (χ3n) is 4.27. The first kappa shape index (κ1) is 14.9. The first-order valence-electron chi connectivity index (χ1n) is 7.68. The molecule has 2 aliphatic rings. The highest BCUT2D eigenvalue weighted by Crippen LogP contribution is 2.38. The fraction of sp³-hybridized carbons (Fsp3) is 0.278. The summed E-state index contributed by atoms with van der Waals surface area (Å²) in [4.78, 5) is 13.8. The number of rotatable bonds is 2. The van der Waals surface area contributed by atoms with Crippen molar-refractivity contribution in [1.29, 1.82) is 0 Å². The second kappa shape index (κ2) is 6.10. The number of nitrogens with one attached hydrogen (secondary N) is 1. The van der Waals surface area contributed by atoms with Crippen LogP contribution in [-0.4, -0.2) is 17.8 Å². The fourth-order valence-electron chi connectivity index (χ4n) is 3.11. The molecule has 0 radical (unpaired) electrons. The van der Waals surface area contributed by atoms with Gasteiger partial charge in [0.15, 0.2) is 6.10 Å². The van der Waals surface area contributed by atoms with Crippen molar-refractivity contribution in [2.75, 3.05) is 5.75 Å². The molecular formula is C18H16ClNO2S. The molecule has 5 heteroatoms. The van der Waals surface area contributed by atoms with Gasteiger partial charge in [0.1, 0.15) is 5.75 Å². The molecule has 2 atom stereocenters. The van der Waals surface area contributed by atoms with Gasteiger partial charge < -0.3 is 10.1 Å². The van der Waals surface area contributed by atoms with E-state index < -0.39 is 6.10 Å². The Balaban J connectivity index is 1.50. The largest absolute Gasteiger partial charge is 0.480 e. The van der Waals surface area contributed by atoms with E-state index in [1.807, 2.05) is 54.2 Å². The first-order valence-corrected chi connectivity index (χ1v) is 9.04. The molecule has 0 spiro atoms. The number of halogens is 1. The minimum absolute atomic E-state index is 0.00441. The van der Waals surface area contributed by atoms with Crippen molar-refractivity contribution in [2.45, 2.75) is 29.9 Å². The molecular weight excluding hydrogens is 330 g/mol. The SMILES string of the molecule is O=C(NC1CCSc2ccc(Cl)cc21)C1Cc2ccccc2O1. The predicted molar refractivity (Wildman–Crippen MR) is 92.2 cm³/mol. The van der Waals surface area contributed by atoms with Gasteiger partial charge in [-0.1, -0.05) is 29.8 Å². The lowest BCUT2D eigenvalue weighted by atomic mass is 10.0. The second-order valence-electron chi connectivity index (χ2n) is 5.80. The Hall–Kier alpha value is -1.65. The van der Waals surface area contributed by atoms with Crippen molar-refractivity contribution >= 4 is 29.3 Å². The average molecular weight is 346 g/mol. The van der Waals surface area contributed by atoms with Crippen LogP contribution >= 0.6 is 23.4 Å². The molecule has 0 saturated carbocycles. The van der Waals surface area contributed by atoms with Gasteiger partial charge in [0.05, 0.1) is 6.04 Å². The zero-order valence-electron chi connectivity index (χ0n) is 12.4. The van der Waals surface area contributed by atoms with Crippen LogP contribution in [0.4, 0.5) is 0 Å². The van der Waals surface area contributed by atoms with Gasteiger partial charge in [0.25, 0.3) is 5.91 Å². The monoisotopic (exact) mass is 345 g/mol. The third kappa shape index (κ3) is 2.93. The van der Waals surface area contributed by atoms with Crippen LogP contribution < -0.4 is 10.1 Å². The number of hydrogen-bond donors (Lipinski definition) is 1. The lowest BCUT2D eigenvalue weighted by Crippen LogP contribution is -2.40. The molecule has 2 unspecified atom stereocenters. The van der Waals surface area contributed by atoms with Crippen LogP contribution in [0.5, 0.6) is 5.75 Å². The molecule has 3 nitrogen and oxygen atoms in total. The summed E-state index contributed by atoms with van der Waals surface area (Å²) in [5, 5.41) is 3.85. The van der Waals surface area contributed by atoms with Gasteiger partial charge in [-0.05, 0) is 41.8 Å². The van der Waals surface area contributed by atoms with Crippen LogP contribution in [-0.2, 0) is 11.2 Å². The van der Waals surface area contributed by atoms with E-state index in [9.17, 15) is 4.79 Å². The summed E-state index contributed by atoms with van der Waals surface area (Å²) >= 11 is 7.93. The Kier molecular flexibility index (Phi) is 3.95. The van der Waals surface area contributed by atoms with Crippen molar-refractivity contribution in [2.24, 2.45) is 0 Å². The molecule has 0 fully saturated rings. The normalized spacial score (nSPS) is 22.0. The number of benzene rings is 2. The van der Waals surface area contributed by atoms with E-state index in [4.69, 9.17) is 16.3 Å². The van der Waals surface area contributed by atoms with Gasteiger partial charge in [-0.3, -0.25) is 4.79 Å². The number of amides is 1. The Morgan fingerprint density at radius 3 is 3.00 bits per heavy atom. The van der Waals surface area contributed by atoms with Crippen LogP contribution in [0, 0.1) is 0 Å². The summed E-state index contributed by atoms with van der Waals surface area (Å²) in [5.41, 5.74) is 2.20. The number of carbonyl (C=O) groups excluding carboxylic acids is 1. The molecule has 1 N–H and O–H groups in total. The molecule has 23 heavy (non-hydrogen) atoms. The maximum Gasteiger partial charge on any atom is 0.261 e. The minimum Gasteiger partial charge on any atom is -0.480 e. The number of fused-ring (bicyclic) bond motifs is 2. The van der Waals surface area contributed by atoms with E-state index in [1.165, 1.54) is 4.90 Å². The number of thioether (sulfide) groups is 1. The molecule has 0 aromatic heterocycles. The zero-order chi connectivity index (χ0) is 15.8. The molecule has 0 aliphatic carbocycles. The number of ether oxygens (including phenoxy) is 1. The molecule has 1 amide bonds. The van der Waals surface area contributed by atoms with Crippen LogP contribution in [0.1, 0.15) is 23.6 Å². The van der Waals surface area contributed by atoms with E-state index in [0.717, 1.165) is 29.1 Å². The van der Waals surface area contributed by atoms with E-state index in [0.29, 0.717) is 11.4 Å². The molecule has 2 aliphatic heterocycles. The molecule has 0 saturated heterocycles. The highest BCUT2D eigenvalue weighted by atomic mass is 35.5. The van der Waals surface area contributed by atoms with Crippen LogP contribution in [0.15, 0.2) is 47.4 Å². The van der Waals surface area contributed by atoms with Crippen molar-refractivity contribution in [3.8, 4) is 5.75 Å². The standard InChI is InChI=1S/C18H16ClNO2S/c19-12-5-6-17-13(10-12)14(7-8-23-17)20-18(21)16-9-11-3-1-2-4-15(11)22-16/h1-6,10,14,16H,7-9H2,(H,20,21). The topological polar surface area (TPSA) is 38.3 Å². The van der Waals surface area contributed by atoms with Gasteiger partial charge in [-0.25, -0.2) is 0 Å². The smallest absolute Gasteiger partial charge is 0.261 e. The summed E-state index contributed by atoms with van der Waals surface area (Å²) in [6.45, 7) is 0. The third-order valence-corrected chi connectivity index (χ3v) is 5.63. The lowest BCUT2D eigenvalue weighted by molar-refractivity contribution is -0.128. The highest BCUT2D eigenvalue weighted by Gasteiger charge is 2.31. The van der Waals surface area contributed by atoms with E-state index in [2.05, 4.69) is 5.32 Å². The maximum absolute atomic E-state index is 12.6. The minimum atomic E-state index is -0.440. The number of carbonyl (C=O) groups is 1. The summed E-state index contributed by atoms with van der Waals surface area (Å²) in [5.74, 6) is 1.75. The molecule has 118 valence electrons. The Morgan fingerprint density at radius 1 is 1.26 bits per heavy atom. The van der Waals surface area contributed by atoms with Gasteiger partial charge in [0, 0.05) is 22.1 Å². The molecule has 4 rings (SSSR count). The predicted octanol–water partition coefficient (Wildman–Crippen LogP) is 4.00. The Bertz CT molecular complexity index is 739. The van der Waals surface area contributed by atoms with Crippen molar-refractivity contribution in [3.63, 3.8) is 0 Å². The summed E-state index contributed by atoms with van der Waals surface area (Å²) in [6.07, 6.45) is 1.10. The van der Waals surface area contributed by atoms with Crippen molar-refractivity contribution in [1.82, 2.24) is 5.32 Å². The molecule has 0 bridgehead atoms. The number of hydrogen-bond acceptors (Lipinski definition) is 3. The Morgan fingerprint density at radius 2 is 2.13 bits per heavy atom. The number of para-hydroxylation sites is 1. The van der Waals surface area contributed by atoms with Crippen LogP contribution in [0.25, 0.3) is 0 Å². The van der Waals surface area contributed by atoms with Crippen molar-refractivity contribution in [3.05, 3.63) is 58.6 Å². The van der Waals surface area contributed by atoms with Gasteiger partial charge in [-0.15, -0.1) is 11.8 Å². The summed E-state index contributed by atoms with van der Waals surface area (Å²) in [6, 6.07) is 13.7. The van der Waals surface area contributed by atoms with E-state index in [1.54, 1.807) is 0 Å². The highest BCUT2D eigenvalue weighted by molar-refractivity contribution is 7.99. The lowest BCUT2D eigenvalue weighted by Gasteiger charge is -2.27. The molecule has 2 aromatic carbocycles. The van der Waals surface area contributed by atoms with Crippen LogP contribution in [0.2, 0.25) is 5.02 Å². The van der Waals surface area contributed by atoms with E-state index in [-0.39, 0.29) is 11.9 Å². The van der Waals surface area contributed by atoms with Gasteiger partial charge >= 0.3 is 0 Å². The van der Waals surface area contributed by atoms with Crippen molar-refractivity contribution < 1.29 is 9.53 Å². The Labute approximate surface area is 144 Å². The fourth-order valence-corrected chi connectivity index (χ4v) is 4.39. The van der Waals surface area contributed by atoms with Gasteiger partial charge in [-0.2, -0.15) is 0 Å². The first-order chi connectivity index (χ1) is 11.2. The van der Waals surface area contributed by atoms with Gasteiger partial charge in [0.2, 0.25) is 0 Å². The molecule has 2 aromatic rings. The maximum atomic E-state index is 12.6. The second-order valence-corrected chi connectivity index (χ2v) is 7.37. The summed E-state index contributed by atoms with van der Waals surface area (Å²) < 4.78 is 5.78.